The first-order valence-corrected chi connectivity index (χ1v) is 12.3. The van der Waals surface area contributed by atoms with Crippen molar-refractivity contribution in [1.29, 1.82) is 0 Å². The highest BCUT2D eigenvalue weighted by atomic mass is 16.7. The summed E-state index contributed by atoms with van der Waals surface area (Å²) in [5.74, 6) is 0. The van der Waals surface area contributed by atoms with E-state index >= 15 is 0 Å². The van der Waals surface area contributed by atoms with Gasteiger partial charge in [-0.1, -0.05) is 72.8 Å². The molecular formula is C29H36O5. The van der Waals surface area contributed by atoms with Crippen molar-refractivity contribution < 1.29 is 23.7 Å². The van der Waals surface area contributed by atoms with E-state index in [1.54, 1.807) is 0 Å². The number of allylic oxidation sites excluding steroid dienone is 2. The van der Waals surface area contributed by atoms with Crippen molar-refractivity contribution in [2.75, 3.05) is 19.8 Å². The summed E-state index contributed by atoms with van der Waals surface area (Å²) in [6, 6.07) is 20.2. The standard InChI is InChI=1S/C29H36O5/c1-3-5-13-19-30-27-25(22-15-9-7-10-16-22)33-24-21-32-29(23-17-11-8-12-18-23)34-26(24)28(27)31-20-14-6-4-2/h3-4,7-12,15-18,24-29H,1-2,5-6,13-14,19-21H2/t24-,25-,26-,27+,28+,29-/m1/s1. The second kappa shape index (κ2) is 13.0. The van der Waals surface area contributed by atoms with Gasteiger partial charge < -0.3 is 23.7 Å². The van der Waals surface area contributed by atoms with Crippen molar-refractivity contribution in [3.63, 3.8) is 0 Å². The molecule has 6 atom stereocenters. The molecule has 0 amide bonds. The number of benzene rings is 2. The van der Waals surface area contributed by atoms with E-state index in [4.69, 9.17) is 23.7 Å². The van der Waals surface area contributed by atoms with E-state index in [0.717, 1.165) is 36.8 Å². The number of unbranched alkanes of at least 4 members (excludes halogenated alkanes) is 2. The van der Waals surface area contributed by atoms with Gasteiger partial charge in [0.1, 0.15) is 30.5 Å². The predicted molar refractivity (Wildman–Crippen MR) is 132 cm³/mol. The first-order valence-electron chi connectivity index (χ1n) is 12.3. The number of hydrogen-bond donors (Lipinski definition) is 0. The Labute approximate surface area is 203 Å². The van der Waals surface area contributed by atoms with Crippen LogP contribution in [-0.4, -0.2) is 44.2 Å². The Hall–Kier alpha value is -2.28. The molecule has 34 heavy (non-hydrogen) atoms. The molecule has 0 aromatic heterocycles. The van der Waals surface area contributed by atoms with E-state index in [1.165, 1.54) is 0 Å². The Morgan fingerprint density at radius 2 is 1.35 bits per heavy atom. The third-order valence-electron chi connectivity index (χ3n) is 6.25. The summed E-state index contributed by atoms with van der Waals surface area (Å²) in [6.07, 6.45) is 5.58. The molecule has 0 unspecified atom stereocenters. The molecule has 2 aliphatic heterocycles. The average molecular weight is 465 g/mol. The van der Waals surface area contributed by atoms with E-state index in [0.29, 0.717) is 19.8 Å². The van der Waals surface area contributed by atoms with Crippen molar-refractivity contribution in [1.82, 2.24) is 0 Å². The summed E-state index contributed by atoms with van der Waals surface area (Å²) >= 11 is 0. The minimum atomic E-state index is -0.458. The highest BCUT2D eigenvalue weighted by Crippen LogP contribution is 2.41. The molecule has 2 aromatic carbocycles. The third kappa shape index (κ3) is 6.23. The van der Waals surface area contributed by atoms with Crippen LogP contribution in [0.5, 0.6) is 0 Å². The van der Waals surface area contributed by atoms with Gasteiger partial charge >= 0.3 is 0 Å². The lowest BCUT2D eigenvalue weighted by atomic mass is 9.90. The van der Waals surface area contributed by atoms with Crippen molar-refractivity contribution in [2.45, 2.75) is 62.5 Å². The average Bonchev–Trinajstić information content (AvgIpc) is 2.90. The van der Waals surface area contributed by atoms with Crippen molar-refractivity contribution in [3.05, 3.63) is 97.1 Å². The van der Waals surface area contributed by atoms with E-state index in [-0.39, 0.29) is 30.5 Å². The number of rotatable bonds is 12. The lowest BCUT2D eigenvalue weighted by Gasteiger charge is -2.49. The van der Waals surface area contributed by atoms with Crippen molar-refractivity contribution in [3.8, 4) is 0 Å². The fourth-order valence-corrected chi connectivity index (χ4v) is 4.54. The van der Waals surface area contributed by atoms with Gasteiger partial charge in [0.2, 0.25) is 0 Å². The van der Waals surface area contributed by atoms with Gasteiger partial charge in [-0.2, -0.15) is 0 Å². The minimum Gasteiger partial charge on any atom is -0.373 e. The molecule has 4 rings (SSSR count). The summed E-state index contributed by atoms with van der Waals surface area (Å²) in [7, 11) is 0. The van der Waals surface area contributed by atoms with Crippen molar-refractivity contribution in [2.24, 2.45) is 0 Å². The van der Waals surface area contributed by atoms with Crippen LogP contribution in [0.4, 0.5) is 0 Å². The Bertz CT molecular complexity index is 871. The van der Waals surface area contributed by atoms with Gasteiger partial charge in [-0.3, -0.25) is 0 Å². The maximum Gasteiger partial charge on any atom is 0.184 e. The highest BCUT2D eigenvalue weighted by Gasteiger charge is 2.51. The molecule has 0 radical (unpaired) electrons. The molecule has 182 valence electrons. The van der Waals surface area contributed by atoms with Gasteiger partial charge in [-0.05, 0) is 31.2 Å². The molecule has 0 saturated carbocycles. The smallest absolute Gasteiger partial charge is 0.184 e. The first-order chi connectivity index (χ1) is 16.8. The lowest BCUT2D eigenvalue weighted by molar-refractivity contribution is -0.339. The Balaban J connectivity index is 1.59. The second-order valence-electron chi connectivity index (χ2n) is 8.72. The Morgan fingerprint density at radius 1 is 0.765 bits per heavy atom. The number of ether oxygens (including phenoxy) is 5. The van der Waals surface area contributed by atoms with E-state index in [9.17, 15) is 0 Å². The molecule has 2 heterocycles. The van der Waals surface area contributed by atoms with Gasteiger partial charge in [0.05, 0.1) is 6.61 Å². The lowest BCUT2D eigenvalue weighted by Crippen LogP contribution is -2.60. The molecule has 2 aliphatic rings. The summed E-state index contributed by atoms with van der Waals surface area (Å²) in [5, 5.41) is 0. The first kappa shape index (κ1) is 24.8. The molecule has 2 fully saturated rings. The van der Waals surface area contributed by atoms with E-state index in [1.807, 2.05) is 60.7 Å². The van der Waals surface area contributed by atoms with Gasteiger partial charge in [0, 0.05) is 18.8 Å². The Morgan fingerprint density at radius 3 is 1.97 bits per heavy atom. The maximum absolute atomic E-state index is 6.60. The second-order valence-corrected chi connectivity index (χ2v) is 8.72. The zero-order valence-corrected chi connectivity index (χ0v) is 19.8. The van der Waals surface area contributed by atoms with Crippen LogP contribution in [-0.2, 0) is 23.7 Å². The molecule has 2 aromatic rings. The largest absolute Gasteiger partial charge is 0.373 e. The van der Waals surface area contributed by atoms with Gasteiger partial charge in [0.15, 0.2) is 6.29 Å². The molecule has 5 heteroatoms. The van der Waals surface area contributed by atoms with Gasteiger partial charge in [-0.15, -0.1) is 13.2 Å². The molecule has 0 bridgehead atoms. The zero-order chi connectivity index (χ0) is 23.6. The fraction of sp³-hybridized carbons (Fsp3) is 0.448. The minimum absolute atomic E-state index is 0.248. The quantitative estimate of drug-likeness (QED) is 0.287. The molecule has 0 spiro atoms. The van der Waals surface area contributed by atoms with Crippen LogP contribution in [0.2, 0.25) is 0 Å². The van der Waals surface area contributed by atoms with Crippen LogP contribution in [0.1, 0.15) is 49.2 Å². The Kier molecular flexibility index (Phi) is 9.48. The van der Waals surface area contributed by atoms with E-state index in [2.05, 4.69) is 25.3 Å². The van der Waals surface area contributed by atoms with Crippen LogP contribution in [0.15, 0.2) is 86.0 Å². The normalized spacial score (nSPS) is 28.7. The summed E-state index contributed by atoms with van der Waals surface area (Å²) < 4.78 is 32.2. The van der Waals surface area contributed by atoms with Crippen LogP contribution >= 0.6 is 0 Å². The number of fused-ring (bicyclic) bond motifs is 1. The molecule has 5 nitrogen and oxygen atoms in total. The van der Waals surface area contributed by atoms with Crippen LogP contribution in [0.3, 0.4) is 0 Å². The van der Waals surface area contributed by atoms with Gasteiger partial charge in [-0.25, -0.2) is 0 Å². The topological polar surface area (TPSA) is 46.2 Å². The molecular weight excluding hydrogens is 428 g/mol. The van der Waals surface area contributed by atoms with Crippen LogP contribution in [0.25, 0.3) is 0 Å². The van der Waals surface area contributed by atoms with Crippen LogP contribution in [0, 0.1) is 0 Å². The molecule has 2 saturated heterocycles. The third-order valence-corrected chi connectivity index (χ3v) is 6.25. The maximum atomic E-state index is 6.60. The van der Waals surface area contributed by atoms with Gasteiger partial charge in [0.25, 0.3) is 0 Å². The highest BCUT2D eigenvalue weighted by molar-refractivity contribution is 5.21. The van der Waals surface area contributed by atoms with Crippen molar-refractivity contribution >= 4 is 0 Å². The summed E-state index contributed by atoms with van der Waals surface area (Å²) in [5.41, 5.74) is 2.06. The van der Waals surface area contributed by atoms with E-state index < -0.39 is 6.29 Å². The number of hydrogen-bond acceptors (Lipinski definition) is 5. The monoisotopic (exact) mass is 464 g/mol. The summed E-state index contributed by atoms with van der Waals surface area (Å²) in [6.45, 7) is 9.30. The molecule has 0 aliphatic carbocycles. The summed E-state index contributed by atoms with van der Waals surface area (Å²) in [4.78, 5) is 0. The predicted octanol–water partition coefficient (Wildman–Crippen LogP) is 5.94. The zero-order valence-electron chi connectivity index (χ0n) is 19.8. The SMILES string of the molecule is C=CCCCO[C@@H]1[C@@H](OCCCC=C)[C@@H](c2ccccc2)O[C@@H]2CO[C@@H](c3ccccc3)O[C@@H]12. The molecule has 0 N–H and O–H groups in total. The fourth-order valence-electron chi connectivity index (χ4n) is 4.54. The van der Waals surface area contributed by atoms with Crippen LogP contribution < -0.4 is 0 Å².